The average molecular weight is 339 g/mol. The van der Waals surface area contributed by atoms with E-state index in [4.69, 9.17) is 4.74 Å². The highest BCUT2D eigenvalue weighted by molar-refractivity contribution is 5.92. The van der Waals surface area contributed by atoms with E-state index in [1.54, 1.807) is 0 Å². The number of benzene rings is 1. The quantitative estimate of drug-likeness (QED) is 0.840. The number of nitrogens with zero attached hydrogens (tertiary/aromatic N) is 3. The van der Waals surface area contributed by atoms with Crippen LogP contribution in [0.3, 0.4) is 0 Å². The molecule has 1 aromatic carbocycles. The highest BCUT2D eigenvalue weighted by atomic mass is 19.4. The summed E-state index contributed by atoms with van der Waals surface area (Å²) < 4.78 is 43.8. The van der Waals surface area contributed by atoms with Crippen molar-refractivity contribution in [3.05, 3.63) is 59.7 Å². The van der Waals surface area contributed by atoms with E-state index in [9.17, 15) is 18.0 Å². The summed E-state index contributed by atoms with van der Waals surface area (Å²) in [5.74, 6) is -0.456. The van der Waals surface area contributed by atoms with Gasteiger partial charge in [0.2, 0.25) is 0 Å². The maximum absolute atomic E-state index is 12.9. The largest absolute Gasteiger partial charge is 0.416 e. The molecule has 0 unspecified atom stereocenters. The molecule has 1 aromatic heterocycles. The SMILES string of the molecule is COC[C@H](c1cccc(C(F)(F)F)c1)N(C)C(=O)c1cnccn1. The monoisotopic (exact) mass is 339 g/mol. The Morgan fingerprint density at radius 1 is 1.33 bits per heavy atom. The van der Waals surface area contributed by atoms with Crippen molar-refractivity contribution < 1.29 is 22.7 Å². The predicted octanol–water partition coefficient (Wildman–Crippen LogP) is 2.96. The molecule has 1 atom stereocenters. The third-order valence-electron chi connectivity index (χ3n) is 3.49. The van der Waals surface area contributed by atoms with Crippen LogP contribution in [0.4, 0.5) is 13.2 Å². The van der Waals surface area contributed by atoms with Crippen LogP contribution in [0.15, 0.2) is 42.9 Å². The molecular formula is C16H16F3N3O2. The van der Waals surface area contributed by atoms with E-state index in [1.165, 1.54) is 49.8 Å². The fourth-order valence-electron chi connectivity index (χ4n) is 2.24. The Bertz CT molecular complexity index is 692. The summed E-state index contributed by atoms with van der Waals surface area (Å²) in [7, 11) is 2.90. The zero-order valence-electron chi connectivity index (χ0n) is 13.1. The van der Waals surface area contributed by atoms with Crippen molar-refractivity contribution in [2.24, 2.45) is 0 Å². The van der Waals surface area contributed by atoms with E-state index in [-0.39, 0.29) is 12.3 Å². The third-order valence-corrected chi connectivity index (χ3v) is 3.49. The summed E-state index contributed by atoms with van der Waals surface area (Å²) in [5, 5.41) is 0. The molecule has 2 aromatic rings. The van der Waals surface area contributed by atoms with Crippen molar-refractivity contribution in [3.63, 3.8) is 0 Å². The van der Waals surface area contributed by atoms with Crippen molar-refractivity contribution in [2.45, 2.75) is 12.2 Å². The molecule has 0 bridgehead atoms. The van der Waals surface area contributed by atoms with Crippen molar-refractivity contribution in [2.75, 3.05) is 20.8 Å². The summed E-state index contributed by atoms with van der Waals surface area (Å²) in [6, 6.07) is 4.15. The maximum Gasteiger partial charge on any atom is 0.416 e. The van der Waals surface area contributed by atoms with Crippen LogP contribution in [0.5, 0.6) is 0 Å². The van der Waals surface area contributed by atoms with Gasteiger partial charge < -0.3 is 9.64 Å². The number of carbonyl (C=O) groups excluding carboxylic acids is 1. The van der Waals surface area contributed by atoms with E-state index in [1.807, 2.05) is 0 Å². The van der Waals surface area contributed by atoms with Gasteiger partial charge in [-0.15, -0.1) is 0 Å². The van der Waals surface area contributed by atoms with Gasteiger partial charge in [-0.1, -0.05) is 12.1 Å². The molecule has 0 aliphatic carbocycles. The molecule has 0 N–H and O–H groups in total. The first-order valence-electron chi connectivity index (χ1n) is 7.04. The molecular weight excluding hydrogens is 323 g/mol. The van der Waals surface area contributed by atoms with Crippen LogP contribution >= 0.6 is 0 Å². The Morgan fingerprint density at radius 3 is 2.67 bits per heavy atom. The zero-order chi connectivity index (χ0) is 17.7. The summed E-state index contributed by atoms with van der Waals surface area (Å²) in [4.78, 5) is 21.5. The fourth-order valence-corrected chi connectivity index (χ4v) is 2.24. The molecule has 0 aliphatic heterocycles. The minimum atomic E-state index is -4.46. The molecule has 0 saturated carbocycles. The normalized spacial score (nSPS) is 12.7. The lowest BCUT2D eigenvalue weighted by Crippen LogP contribution is -2.34. The molecule has 5 nitrogen and oxygen atoms in total. The Hall–Kier alpha value is -2.48. The van der Waals surface area contributed by atoms with Crippen LogP contribution in [0, 0.1) is 0 Å². The second-order valence-electron chi connectivity index (χ2n) is 5.10. The first kappa shape index (κ1) is 17.9. The van der Waals surface area contributed by atoms with Gasteiger partial charge in [0, 0.05) is 26.6 Å². The van der Waals surface area contributed by atoms with Crippen molar-refractivity contribution in [1.29, 1.82) is 0 Å². The van der Waals surface area contributed by atoms with Gasteiger partial charge >= 0.3 is 6.18 Å². The van der Waals surface area contributed by atoms with Crippen LogP contribution in [-0.2, 0) is 10.9 Å². The van der Waals surface area contributed by atoms with Crippen molar-refractivity contribution >= 4 is 5.91 Å². The van der Waals surface area contributed by atoms with Crippen LogP contribution < -0.4 is 0 Å². The van der Waals surface area contributed by atoms with Crippen LogP contribution in [-0.4, -0.2) is 41.5 Å². The number of halogens is 3. The standard InChI is InChI=1S/C16H16F3N3O2/c1-22(15(23)13-9-20-6-7-21-13)14(10-24-2)11-4-3-5-12(8-11)16(17,18)19/h3-9,14H,10H2,1-2H3/t14-/m1/s1. The van der Waals surface area contributed by atoms with Crippen molar-refractivity contribution in [3.8, 4) is 0 Å². The topological polar surface area (TPSA) is 55.3 Å². The molecule has 24 heavy (non-hydrogen) atoms. The minimum Gasteiger partial charge on any atom is -0.382 e. The number of methoxy groups -OCH3 is 1. The molecule has 0 saturated heterocycles. The number of ether oxygens (including phenoxy) is 1. The highest BCUT2D eigenvalue weighted by Crippen LogP contribution is 2.32. The number of rotatable bonds is 5. The molecule has 0 spiro atoms. The van der Waals surface area contributed by atoms with Crippen molar-refractivity contribution in [1.82, 2.24) is 14.9 Å². The van der Waals surface area contributed by atoms with Gasteiger partial charge in [-0.05, 0) is 17.7 Å². The second-order valence-corrected chi connectivity index (χ2v) is 5.10. The van der Waals surface area contributed by atoms with Gasteiger partial charge in [-0.25, -0.2) is 4.98 Å². The number of alkyl halides is 3. The molecule has 1 heterocycles. The molecule has 1 amide bonds. The van der Waals surface area contributed by atoms with E-state index in [0.29, 0.717) is 5.56 Å². The van der Waals surface area contributed by atoms with Crippen LogP contribution in [0.25, 0.3) is 0 Å². The first-order valence-corrected chi connectivity index (χ1v) is 7.04. The van der Waals surface area contributed by atoms with Gasteiger partial charge in [-0.2, -0.15) is 13.2 Å². The maximum atomic E-state index is 12.9. The van der Waals surface area contributed by atoms with E-state index >= 15 is 0 Å². The second kappa shape index (κ2) is 7.39. The predicted molar refractivity (Wildman–Crippen MR) is 80.2 cm³/mol. The average Bonchev–Trinajstić information content (AvgIpc) is 2.58. The number of hydrogen-bond acceptors (Lipinski definition) is 4. The van der Waals surface area contributed by atoms with Gasteiger partial charge in [-0.3, -0.25) is 9.78 Å². The molecule has 0 fully saturated rings. The molecule has 8 heteroatoms. The van der Waals surface area contributed by atoms with Crippen LogP contribution in [0.1, 0.15) is 27.7 Å². The lowest BCUT2D eigenvalue weighted by molar-refractivity contribution is -0.137. The third kappa shape index (κ3) is 4.08. The minimum absolute atomic E-state index is 0.0454. The molecule has 0 aliphatic rings. The molecule has 2 rings (SSSR count). The lowest BCUT2D eigenvalue weighted by Gasteiger charge is -2.28. The van der Waals surface area contributed by atoms with E-state index in [0.717, 1.165) is 12.1 Å². The Labute approximate surface area is 137 Å². The Kier molecular flexibility index (Phi) is 5.50. The highest BCUT2D eigenvalue weighted by Gasteiger charge is 2.32. The first-order chi connectivity index (χ1) is 11.3. The summed E-state index contributed by atoms with van der Waals surface area (Å²) in [5.41, 5.74) is -0.346. The van der Waals surface area contributed by atoms with Gasteiger partial charge in [0.1, 0.15) is 5.69 Å². The van der Waals surface area contributed by atoms with E-state index < -0.39 is 23.7 Å². The number of carbonyl (C=O) groups is 1. The van der Waals surface area contributed by atoms with Gasteiger partial charge in [0.15, 0.2) is 0 Å². The fraction of sp³-hybridized carbons (Fsp3) is 0.312. The number of aromatic nitrogens is 2. The lowest BCUT2D eigenvalue weighted by atomic mass is 10.0. The van der Waals surface area contributed by atoms with E-state index in [2.05, 4.69) is 9.97 Å². The summed E-state index contributed by atoms with van der Waals surface area (Å²) in [6.07, 6.45) is -0.358. The molecule has 128 valence electrons. The number of likely N-dealkylation sites (N-methyl/N-ethyl adjacent to an activating group) is 1. The molecule has 0 radical (unpaired) electrons. The zero-order valence-corrected chi connectivity index (χ0v) is 13.1. The number of amides is 1. The Morgan fingerprint density at radius 2 is 2.08 bits per heavy atom. The summed E-state index contributed by atoms with van der Waals surface area (Å²) >= 11 is 0. The smallest absolute Gasteiger partial charge is 0.382 e. The van der Waals surface area contributed by atoms with Gasteiger partial charge in [0.25, 0.3) is 5.91 Å². The Balaban J connectivity index is 2.34. The van der Waals surface area contributed by atoms with Gasteiger partial charge in [0.05, 0.1) is 24.4 Å². The van der Waals surface area contributed by atoms with Crippen LogP contribution in [0.2, 0.25) is 0 Å². The number of hydrogen-bond donors (Lipinski definition) is 0. The summed E-state index contributed by atoms with van der Waals surface area (Å²) in [6.45, 7) is 0.0454.